The number of halogens is 1. The van der Waals surface area contributed by atoms with E-state index in [1.165, 1.54) is 0 Å². The number of carboxylic acids is 1. The van der Waals surface area contributed by atoms with Crippen LogP contribution in [0.1, 0.15) is 23.2 Å². The third-order valence-electron chi connectivity index (χ3n) is 5.53. The maximum atomic E-state index is 14.8. The number of hydrogen-bond acceptors (Lipinski definition) is 6. The fraction of sp³-hybridized carbons (Fsp3) is 0.529. The Hall–Kier alpha value is -2.24. The van der Waals surface area contributed by atoms with Crippen molar-refractivity contribution in [2.24, 2.45) is 5.92 Å². The molecule has 1 aromatic carbocycles. The molecule has 3 aliphatic rings. The van der Waals surface area contributed by atoms with Gasteiger partial charge in [0.15, 0.2) is 5.78 Å². The molecule has 0 amide bonds. The molecule has 0 spiro atoms. The SMILES string of the molecule is O=C(O)C1CN(C2CC2)c2cc(N3CCN(S(=O)(=O)O)CC3)c(F)cc2C1=O. The molecule has 1 saturated heterocycles. The lowest BCUT2D eigenvalue weighted by Crippen LogP contribution is -2.49. The van der Waals surface area contributed by atoms with Crippen molar-refractivity contribution in [2.75, 3.05) is 42.5 Å². The molecule has 2 fully saturated rings. The van der Waals surface area contributed by atoms with E-state index in [1.54, 1.807) is 11.0 Å². The lowest BCUT2D eigenvalue weighted by Gasteiger charge is -2.37. The number of carboxylic acid groups (broad SMARTS) is 1. The molecule has 4 rings (SSSR count). The van der Waals surface area contributed by atoms with Crippen LogP contribution in [0.3, 0.4) is 0 Å². The average molecular weight is 413 g/mol. The Morgan fingerprint density at radius 3 is 2.29 bits per heavy atom. The van der Waals surface area contributed by atoms with Crippen molar-refractivity contribution in [3.8, 4) is 0 Å². The number of carbonyl (C=O) groups excluding carboxylic acids is 1. The van der Waals surface area contributed by atoms with Crippen molar-refractivity contribution in [3.05, 3.63) is 23.5 Å². The van der Waals surface area contributed by atoms with Crippen LogP contribution in [0.4, 0.5) is 15.8 Å². The number of carbonyl (C=O) groups is 2. The minimum Gasteiger partial charge on any atom is -0.481 e. The summed E-state index contributed by atoms with van der Waals surface area (Å²) in [5.74, 6) is -3.68. The van der Waals surface area contributed by atoms with Gasteiger partial charge in [-0.3, -0.25) is 14.1 Å². The van der Waals surface area contributed by atoms with Gasteiger partial charge in [-0.1, -0.05) is 0 Å². The van der Waals surface area contributed by atoms with Crippen LogP contribution < -0.4 is 9.80 Å². The molecule has 2 heterocycles. The third kappa shape index (κ3) is 3.33. The van der Waals surface area contributed by atoms with E-state index >= 15 is 0 Å². The fourth-order valence-electron chi connectivity index (χ4n) is 3.88. The van der Waals surface area contributed by atoms with Crippen molar-refractivity contribution in [1.29, 1.82) is 0 Å². The van der Waals surface area contributed by atoms with Gasteiger partial charge in [0.25, 0.3) is 0 Å². The summed E-state index contributed by atoms with van der Waals surface area (Å²) in [6.07, 6.45) is 1.78. The molecule has 28 heavy (non-hydrogen) atoms. The molecule has 1 aromatic rings. The number of nitrogens with zero attached hydrogens (tertiary/aromatic N) is 3. The predicted octanol–water partition coefficient (Wildman–Crippen LogP) is 0.616. The first kappa shape index (κ1) is 19.1. The molecule has 2 N–H and O–H groups in total. The van der Waals surface area contributed by atoms with Crippen LogP contribution >= 0.6 is 0 Å². The van der Waals surface area contributed by atoms with Crippen LogP contribution in [0, 0.1) is 11.7 Å². The Morgan fingerprint density at radius 1 is 1.11 bits per heavy atom. The molecule has 0 bridgehead atoms. The number of piperazine rings is 1. The zero-order valence-corrected chi connectivity index (χ0v) is 15.7. The first-order valence-electron chi connectivity index (χ1n) is 9.01. The zero-order chi connectivity index (χ0) is 20.2. The van der Waals surface area contributed by atoms with Gasteiger partial charge in [-0.25, -0.2) is 4.39 Å². The standard InChI is InChI=1S/C17H20FN3O6S/c18-13-7-11-14(21(10-1-2-10)9-12(16(11)22)17(23)24)8-15(13)19-3-5-20(6-4-19)28(25,26)27/h7-8,10,12H,1-6,9H2,(H,23,24)(H,25,26,27). The minimum atomic E-state index is -4.28. The highest BCUT2D eigenvalue weighted by molar-refractivity contribution is 7.83. The second-order valence-corrected chi connectivity index (χ2v) is 8.74. The lowest BCUT2D eigenvalue weighted by molar-refractivity contribution is -0.139. The van der Waals surface area contributed by atoms with Crippen molar-refractivity contribution < 1.29 is 32.1 Å². The van der Waals surface area contributed by atoms with E-state index in [4.69, 9.17) is 4.55 Å². The Kier molecular flexibility index (Phi) is 4.55. The van der Waals surface area contributed by atoms with Crippen molar-refractivity contribution in [1.82, 2.24) is 4.31 Å². The summed E-state index contributed by atoms with van der Waals surface area (Å²) in [5.41, 5.74) is 0.836. The normalized spacial score (nSPS) is 23.6. The minimum absolute atomic E-state index is 0.0156. The molecule has 152 valence electrons. The number of anilines is 2. The van der Waals surface area contributed by atoms with Crippen LogP contribution in [-0.4, -0.2) is 72.9 Å². The van der Waals surface area contributed by atoms with E-state index in [-0.39, 0.29) is 50.0 Å². The number of hydrogen-bond donors (Lipinski definition) is 2. The van der Waals surface area contributed by atoms with Gasteiger partial charge < -0.3 is 14.9 Å². The Bertz CT molecular complexity index is 940. The Labute approximate surface area is 161 Å². The smallest absolute Gasteiger partial charge is 0.336 e. The summed E-state index contributed by atoms with van der Waals surface area (Å²) in [7, 11) is -4.28. The maximum Gasteiger partial charge on any atom is 0.336 e. The summed E-state index contributed by atoms with van der Waals surface area (Å²) < 4.78 is 47.3. The van der Waals surface area contributed by atoms with Gasteiger partial charge in [-0.2, -0.15) is 12.7 Å². The topological polar surface area (TPSA) is 118 Å². The first-order valence-corrected chi connectivity index (χ1v) is 10.4. The Balaban J connectivity index is 1.66. The van der Waals surface area contributed by atoms with Gasteiger partial charge in [-0.05, 0) is 25.0 Å². The molecule has 0 radical (unpaired) electrons. The molecule has 1 unspecified atom stereocenters. The van der Waals surface area contributed by atoms with E-state index in [0.29, 0.717) is 5.69 Å². The molecule has 1 saturated carbocycles. The van der Waals surface area contributed by atoms with Gasteiger partial charge in [0.1, 0.15) is 11.7 Å². The summed E-state index contributed by atoms with van der Waals surface area (Å²) in [6.45, 7) is 0.464. The number of ketones is 1. The summed E-state index contributed by atoms with van der Waals surface area (Å²) >= 11 is 0. The molecule has 11 heteroatoms. The van der Waals surface area contributed by atoms with Gasteiger partial charge in [-0.15, -0.1) is 0 Å². The monoisotopic (exact) mass is 413 g/mol. The summed E-state index contributed by atoms with van der Waals surface area (Å²) in [5, 5.41) is 9.35. The number of fused-ring (bicyclic) bond motifs is 1. The van der Waals surface area contributed by atoms with E-state index < -0.39 is 33.8 Å². The fourth-order valence-corrected chi connectivity index (χ4v) is 4.50. The van der Waals surface area contributed by atoms with Crippen LogP contribution in [-0.2, 0) is 15.1 Å². The molecular weight excluding hydrogens is 393 g/mol. The number of rotatable bonds is 4. The molecular formula is C17H20FN3O6S. The van der Waals surface area contributed by atoms with E-state index in [0.717, 1.165) is 23.2 Å². The van der Waals surface area contributed by atoms with Gasteiger partial charge in [0.2, 0.25) is 0 Å². The van der Waals surface area contributed by atoms with Crippen molar-refractivity contribution >= 4 is 33.4 Å². The highest BCUT2D eigenvalue weighted by Gasteiger charge is 2.42. The van der Waals surface area contributed by atoms with Gasteiger partial charge in [0.05, 0.1) is 11.4 Å². The van der Waals surface area contributed by atoms with Crippen LogP contribution in [0.5, 0.6) is 0 Å². The quantitative estimate of drug-likeness (QED) is 0.545. The van der Waals surface area contributed by atoms with Crippen LogP contribution in [0.2, 0.25) is 0 Å². The largest absolute Gasteiger partial charge is 0.481 e. The summed E-state index contributed by atoms with van der Waals surface area (Å²) in [6, 6.07) is 2.79. The number of aliphatic carboxylic acids is 1. The predicted molar refractivity (Wildman–Crippen MR) is 97.6 cm³/mol. The third-order valence-corrected chi connectivity index (χ3v) is 6.54. The van der Waals surface area contributed by atoms with E-state index in [2.05, 4.69) is 0 Å². The second kappa shape index (κ2) is 6.68. The number of benzene rings is 1. The Morgan fingerprint density at radius 2 is 1.75 bits per heavy atom. The highest BCUT2D eigenvalue weighted by Crippen LogP contribution is 2.41. The molecule has 9 nitrogen and oxygen atoms in total. The molecule has 1 aliphatic carbocycles. The molecule has 2 aliphatic heterocycles. The van der Waals surface area contributed by atoms with Crippen molar-refractivity contribution in [3.63, 3.8) is 0 Å². The highest BCUT2D eigenvalue weighted by atomic mass is 32.2. The lowest BCUT2D eigenvalue weighted by atomic mass is 9.90. The zero-order valence-electron chi connectivity index (χ0n) is 14.9. The first-order chi connectivity index (χ1) is 13.2. The van der Waals surface area contributed by atoms with Crippen LogP contribution in [0.25, 0.3) is 0 Å². The van der Waals surface area contributed by atoms with E-state index in [1.807, 2.05) is 4.90 Å². The second-order valence-electron chi connectivity index (χ2n) is 7.32. The summed E-state index contributed by atoms with van der Waals surface area (Å²) in [4.78, 5) is 27.5. The van der Waals surface area contributed by atoms with Crippen LogP contribution in [0.15, 0.2) is 12.1 Å². The van der Waals surface area contributed by atoms with Gasteiger partial charge in [0, 0.05) is 44.3 Å². The van der Waals surface area contributed by atoms with Gasteiger partial charge >= 0.3 is 16.3 Å². The molecule has 1 atom stereocenters. The number of Topliss-reactive ketones (excluding diaryl/α,β-unsaturated/α-hetero) is 1. The maximum absolute atomic E-state index is 14.8. The van der Waals surface area contributed by atoms with Crippen molar-refractivity contribution in [2.45, 2.75) is 18.9 Å². The van der Waals surface area contributed by atoms with E-state index in [9.17, 15) is 27.5 Å². The molecule has 0 aromatic heterocycles. The average Bonchev–Trinajstić information content (AvgIpc) is 3.46.